The van der Waals surface area contributed by atoms with Crippen LogP contribution in [0.5, 0.6) is 0 Å². The lowest BCUT2D eigenvalue weighted by Gasteiger charge is -2.40. The fraction of sp³-hybridized carbons (Fsp3) is 0.706. The van der Waals surface area contributed by atoms with E-state index in [1.807, 2.05) is 13.0 Å². The van der Waals surface area contributed by atoms with Gasteiger partial charge in [-0.05, 0) is 31.3 Å². The molecule has 2 fully saturated rings. The van der Waals surface area contributed by atoms with E-state index in [4.69, 9.17) is 9.47 Å². The second-order valence-corrected chi connectivity index (χ2v) is 7.12. The Morgan fingerprint density at radius 3 is 2.68 bits per heavy atom. The van der Waals surface area contributed by atoms with Gasteiger partial charge in [-0.15, -0.1) is 0 Å². The molecule has 0 aromatic carbocycles. The van der Waals surface area contributed by atoms with Crippen molar-refractivity contribution in [3.63, 3.8) is 0 Å². The topological polar surface area (TPSA) is 69.7 Å². The van der Waals surface area contributed by atoms with Gasteiger partial charge in [0.05, 0.1) is 11.3 Å². The van der Waals surface area contributed by atoms with Gasteiger partial charge in [0.15, 0.2) is 5.78 Å². The molecule has 0 N–H and O–H groups in total. The molecule has 0 bridgehead atoms. The number of hydrogen-bond acceptors (Lipinski definition) is 5. The Morgan fingerprint density at radius 2 is 2.05 bits per heavy atom. The van der Waals surface area contributed by atoms with Crippen LogP contribution in [0.4, 0.5) is 0 Å². The van der Waals surface area contributed by atoms with Crippen molar-refractivity contribution in [1.29, 1.82) is 0 Å². The van der Waals surface area contributed by atoms with Crippen LogP contribution >= 0.6 is 0 Å². The Morgan fingerprint density at radius 1 is 1.36 bits per heavy atom. The molecule has 0 aromatic rings. The highest BCUT2D eigenvalue weighted by atomic mass is 16.6. The van der Waals surface area contributed by atoms with E-state index in [9.17, 15) is 14.4 Å². The molecule has 22 heavy (non-hydrogen) atoms. The molecule has 2 aliphatic carbocycles. The number of ketones is 1. The molecule has 7 atom stereocenters. The summed E-state index contributed by atoms with van der Waals surface area (Å²) >= 11 is 0. The van der Waals surface area contributed by atoms with Crippen molar-refractivity contribution in [3.8, 4) is 0 Å². The van der Waals surface area contributed by atoms with Crippen molar-refractivity contribution in [1.82, 2.24) is 0 Å². The van der Waals surface area contributed by atoms with Crippen LogP contribution in [0.3, 0.4) is 0 Å². The zero-order valence-corrected chi connectivity index (χ0v) is 13.4. The van der Waals surface area contributed by atoms with Crippen LogP contribution in [0.2, 0.25) is 0 Å². The van der Waals surface area contributed by atoms with Crippen LogP contribution in [-0.2, 0) is 23.9 Å². The third-order valence-corrected chi connectivity index (χ3v) is 5.77. The minimum Gasteiger partial charge on any atom is -0.462 e. The molecule has 0 amide bonds. The summed E-state index contributed by atoms with van der Waals surface area (Å²) in [5.74, 6) is -1.17. The van der Waals surface area contributed by atoms with Crippen LogP contribution < -0.4 is 0 Å². The van der Waals surface area contributed by atoms with Crippen LogP contribution in [0, 0.1) is 29.1 Å². The first-order valence-corrected chi connectivity index (χ1v) is 7.87. The maximum atomic E-state index is 12.6. The lowest BCUT2D eigenvalue weighted by Crippen LogP contribution is -2.50. The van der Waals surface area contributed by atoms with Crippen molar-refractivity contribution < 1.29 is 23.9 Å². The van der Waals surface area contributed by atoms with E-state index in [2.05, 4.69) is 6.92 Å². The van der Waals surface area contributed by atoms with Gasteiger partial charge < -0.3 is 9.47 Å². The number of ether oxygens (including phenoxy) is 2. The van der Waals surface area contributed by atoms with E-state index < -0.39 is 17.5 Å². The maximum Gasteiger partial charge on any atom is 0.309 e. The molecule has 5 nitrogen and oxygen atoms in total. The zero-order chi connectivity index (χ0) is 16.2. The van der Waals surface area contributed by atoms with Gasteiger partial charge in [0.2, 0.25) is 0 Å². The fourth-order valence-electron chi connectivity index (χ4n) is 4.61. The number of carbonyl (C=O) groups excluding carboxylic acids is 3. The largest absolute Gasteiger partial charge is 0.462 e. The molecule has 3 rings (SSSR count). The summed E-state index contributed by atoms with van der Waals surface area (Å²) in [7, 11) is 0. The van der Waals surface area contributed by atoms with E-state index >= 15 is 0 Å². The van der Waals surface area contributed by atoms with E-state index in [0.29, 0.717) is 6.42 Å². The smallest absolute Gasteiger partial charge is 0.309 e. The van der Waals surface area contributed by atoms with Crippen molar-refractivity contribution in [2.24, 2.45) is 29.1 Å². The van der Waals surface area contributed by atoms with Crippen molar-refractivity contribution in [3.05, 3.63) is 12.2 Å². The van der Waals surface area contributed by atoms with Crippen LogP contribution in [0.15, 0.2) is 12.2 Å². The summed E-state index contributed by atoms with van der Waals surface area (Å²) in [5, 5.41) is 0. The van der Waals surface area contributed by atoms with Gasteiger partial charge in [-0.2, -0.15) is 0 Å². The number of rotatable bonds is 1. The Labute approximate surface area is 130 Å². The molecule has 3 aliphatic rings. The van der Waals surface area contributed by atoms with E-state index in [0.717, 1.165) is 0 Å². The predicted molar refractivity (Wildman–Crippen MR) is 77.6 cm³/mol. The van der Waals surface area contributed by atoms with Crippen LogP contribution in [-0.4, -0.2) is 29.9 Å². The lowest BCUT2D eigenvalue weighted by molar-refractivity contribution is -0.165. The molecular formula is C17H22O5. The first kappa shape index (κ1) is 15.3. The lowest BCUT2D eigenvalue weighted by atomic mass is 9.66. The number of hydrogen-bond donors (Lipinski definition) is 0. The van der Waals surface area contributed by atoms with Crippen molar-refractivity contribution in [2.75, 3.05) is 0 Å². The number of carbonyl (C=O) groups is 3. The molecule has 1 saturated heterocycles. The first-order valence-electron chi connectivity index (χ1n) is 7.87. The van der Waals surface area contributed by atoms with Gasteiger partial charge in [-0.25, -0.2) is 0 Å². The van der Waals surface area contributed by atoms with E-state index in [1.165, 1.54) is 6.92 Å². The SMILES string of the molecule is CC(=O)OC1C2C(CC(C)C3C=CC(=O)[C@]31C)OC(=O)C2C. The molecule has 0 aromatic heterocycles. The van der Waals surface area contributed by atoms with Gasteiger partial charge in [-0.1, -0.05) is 19.9 Å². The molecule has 120 valence electrons. The van der Waals surface area contributed by atoms with Crippen LogP contribution in [0.1, 0.15) is 34.1 Å². The highest BCUT2D eigenvalue weighted by Gasteiger charge is 2.62. The molecule has 1 aliphatic heterocycles. The third kappa shape index (κ3) is 1.94. The number of fused-ring (bicyclic) bond motifs is 2. The normalized spacial score (nSPS) is 46.7. The Balaban J connectivity index is 2.10. The van der Waals surface area contributed by atoms with Crippen molar-refractivity contribution >= 4 is 17.7 Å². The third-order valence-electron chi connectivity index (χ3n) is 5.77. The standard InChI is InChI=1S/C17H22O5/c1-8-7-12-14(9(2)16(20)22-12)15(21-10(3)18)17(4)11(8)5-6-13(17)19/h5-6,8-9,11-12,14-15H,7H2,1-4H3/t8?,9?,11?,12?,14?,15?,17-/m0/s1. The van der Waals surface area contributed by atoms with Gasteiger partial charge in [0.1, 0.15) is 12.2 Å². The van der Waals surface area contributed by atoms with Gasteiger partial charge >= 0.3 is 11.9 Å². The van der Waals surface area contributed by atoms with Crippen LogP contribution in [0.25, 0.3) is 0 Å². The highest BCUT2D eigenvalue weighted by Crippen LogP contribution is 2.54. The maximum absolute atomic E-state index is 12.6. The molecular weight excluding hydrogens is 284 g/mol. The van der Waals surface area contributed by atoms with E-state index in [1.54, 1.807) is 13.0 Å². The molecule has 5 heteroatoms. The van der Waals surface area contributed by atoms with Gasteiger partial charge in [0, 0.05) is 12.8 Å². The molecule has 1 saturated carbocycles. The summed E-state index contributed by atoms with van der Waals surface area (Å²) in [6.07, 6.45) is 3.30. The quantitative estimate of drug-likeness (QED) is 0.692. The summed E-state index contributed by atoms with van der Waals surface area (Å²) in [6.45, 7) is 7.07. The average Bonchev–Trinajstić information content (AvgIpc) is 2.84. The number of allylic oxidation sites excluding steroid dienone is 2. The monoisotopic (exact) mass is 306 g/mol. The summed E-state index contributed by atoms with van der Waals surface area (Å²) in [4.78, 5) is 36.2. The Hall–Kier alpha value is -1.65. The molecule has 1 heterocycles. The van der Waals surface area contributed by atoms with Gasteiger partial charge in [0.25, 0.3) is 0 Å². The second kappa shape index (κ2) is 4.93. The fourth-order valence-corrected chi connectivity index (χ4v) is 4.61. The summed E-state index contributed by atoms with van der Waals surface area (Å²) < 4.78 is 11.1. The van der Waals surface area contributed by atoms with E-state index in [-0.39, 0.29) is 41.5 Å². The van der Waals surface area contributed by atoms with Gasteiger partial charge in [-0.3, -0.25) is 14.4 Å². The molecule has 0 spiro atoms. The number of esters is 2. The molecule has 6 unspecified atom stereocenters. The predicted octanol–water partition coefficient (Wildman–Crippen LogP) is 1.90. The molecule has 0 radical (unpaired) electrons. The second-order valence-electron chi connectivity index (χ2n) is 7.12. The zero-order valence-electron chi connectivity index (χ0n) is 13.4. The minimum absolute atomic E-state index is 0.000789. The summed E-state index contributed by atoms with van der Waals surface area (Å²) in [6, 6.07) is 0. The summed E-state index contributed by atoms with van der Waals surface area (Å²) in [5.41, 5.74) is -0.813. The first-order chi connectivity index (χ1) is 10.3. The minimum atomic E-state index is -0.813. The highest BCUT2D eigenvalue weighted by molar-refractivity contribution is 5.98. The Kier molecular flexibility index (Phi) is 3.42. The van der Waals surface area contributed by atoms with Crippen molar-refractivity contribution in [2.45, 2.75) is 46.3 Å². The average molecular weight is 306 g/mol. The Bertz CT molecular complexity index is 565.